The second kappa shape index (κ2) is 7.32. The Morgan fingerprint density at radius 1 is 1.32 bits per heavy atom. The molecule has 2 nitrogen and oxygen atoms in total. The lowest BCUT2D eigenvalue weighted by molar-refractivity contribution is 0.0732. The van der Waals surface area contributed by atoms with Crippen LogP contribution in [0.2, 0.25) is 0 Å². The van der Waals surface area contributed by atoms with Crippen molar-refractivity contribution in [3.63, 3.8) is 0 Å². The molecule has 0 spiro atoms. The molecule has 106 valence electrons. The van der Waals surface area contributed by atoms with E-state index in [1.807, 2.05) is 0 Å². The smallest absolute Gasteiger partial charge is 0.0741 e. The van der Waals surface area contributed by atoms with Gasteiger partial charge in [0.15, 0.2) is 0 Å². The molecule has 1 fully saturated rings. The molecule has 0 amide bonds. The highest BCUT2D eigenvalue weighted by molar-refractivity contribution is 7.99. The zero-order chi connectivity index (χ0) is 13.6. The third-order valence-electron chi connectivity index (χ3n) is 3.70. The van der Waals surface area contributed by atoms with Gasteiger partial charge in [0.05, 0.1) is 5.60 Å². The molecule has 0 atom stereocenters. The first-order valence-electron chi connectivity index (χ1n) is 7.37. The van der Waals surface area contributed by atoms with Crippen molar-refractivity contribution < 1.29 is 5.11 Å². The molecule has 0 saturated heterocycles. The number of hydrogen-bond donors (Lipinski definition) is 2. The van der Waals surface area contributed by atoms with Gasteiger partial charge < -0.3 is 10.4 Å². The van der Waals surface area contributed by atoms with Crippen molar-refractivity contribution in [1.29, 1.82) is 0 Å². The standard InChI is InChI=1S/C16H25NOS/c1-2-10-17-12-14-6-5-7-15(11-14)19-13-16(18)8-3-4-9-16/h5-7,11,17-18H,2-4,8-10,12-13H2,1H3. The minimum atomic E-state index is -0.416. The van der Waals surface area contributed by atoms with Gasteiger partial charge in [-0.25, -0.2) is 0 Å². The summed E-state index contributed by atoms with van der Waals surface area (Å²) in [4.78, 5) is 1.27. The zero-order valence-corrected chi connectivity index (χ0v) is 12.6. The summed E-state index contributed by atoms with van der Waals surface area (Å²) >= 11 is 1.79. The molecule has 19 heavy (non-hydrogen) atoms. The lowest BCUT2D eigenvalue weighted by atomic mass is 10.1. The van der Waals surface area contributed by atoms with E-state index >= 15 is 0 Å². The lowest BCUT2D eigenvalue weighted by Crippen LogP contribution is -2.27. The van der Waals surface area contributed by atoms with Gasteiger partial charge in [-0.1, -0.05) is 31.9 Å². The first-order chi connectivity index (χ1) is 9.22. The first-order valence-corrected chi connectivity index (χ1v) is 8.35. The Balaban J connectivity index is 1.84. The van der Waals surface area contributed by atoms with Gasteiger partial charge in [0.2, 0.25) is 0 Å². The summed E-state index contributed by atoms with van der Waals surface area (Å²) in [5.41, 5.74) is 0.915. The van der Waals surface area contributed by atoms with Gasteiger partial charge in [0.1, 0.15) is 0 Å². The maximum atomic E-state index is 10.4. The van der Waals surface area contributed by atoms with E-state index in [2.05, 4.69) is 36.5 Å². The Kier molecular flexibility index (Phi) is 5.74. The predicted octanol–water partition coefficient (Wildman–Crippen LogP) is 3.58. The van der Waals surface area contributed by atoms with Crippen LogP contribution in [0.5, 0.6) is 0 Å². The zero-order valence-electron chi connectivity index (χ0n) is 11.8. The van der Waals surface area contributed by atoms with Crippen LogP contribution in [0.3, 0.4) is 0 Å². The maximum Gasteiger partial charge on any atom is 0.0741 e. The van der Waals surface area contributed by atoms with Gasteiger partial charge in [-0.05, 0) is 43.5 Å². The largest absolute Gasteiger partial charge is 0.389 e. The van der Waals surface area contributed by atoms with Gasteiger partial charge in [-0.15, -0.1) is 11.8 Å². The molecule has 3 heteroatoms. The van der Waals surface area contributed by atoms with Crippen molar-refractivity contribution >= 4 is 11.8 Å². The highest BCUT2D eigenvalue weighted by atomic mass is 32.2. The monoisotopic (exact) mass is 279 g/mol. The SMILES string of the molecule is CCCNCc1cccc(SCC2(O)CCCC2)c1. The average Bonchev–Trinajstić information content (AvgIpc) is 2.85. The fraction of sp³-hybridized carbons (Fsp3) is 0.625. The average molecular weight is 279 g/mol. The topological polar surface area (TPSA) is 32.3 Å². The van der Waals surface area contributed by atoms with Gasteiger partial charge in [-0.2, -0.15) is 0 Å². The summed E-state index contributed by atoms with van der Waals surface area (Å²) in [5.74, 6) is 0.832. The van der Waals surface area contributed by atoms with Crippen LogP contribution in [0.4, 0.5) is 0 Å². The molecule has 0 aliphatic heterocycles. The van der Waals surface area contributed by atoms with E-state index in [1.165, 1.54) is 29.7 Å². The third-order valence-corrected chi connectivity index (χ3v) is 4.97. The van der Waals surface area contributed by atoms with E-state index in [0.29, 0.717) is 0 Å². The molecule has 0 aromatic heterocycles. The number of hydrogen-bond acceptors (Lipinski definition) is 3. The molecule has 0 radical (unpaired) electrons. The van der Waals surface area contributed by atoms with Crippen molar-refractivity contribution in [3.05, 3.63) is 29.8 Å². The van der Waals surface area contributed by atoms with Crippen LogP contribution in [0.25, 0.3) is 0 Å². The number of rotatable bonds is 7. The molecule has 0 unspecified atom stereocenters. The Morgan fingerprint density at radius 2 is 2.11 bits per heavy atom. The van der Waals surface area contributed by atoms with Gasteiger partial charge in [0.25, 0.3) is 0 Å². The summed E-state index contributed by atoms with van der Waals surface area (Å²) in [6, 6.07) is 8.67. The van der Waals surface area contributed by atoms with Crippen LogP contribution in [0.15, 0.2) is 29.2 Å². The molecule has 1 aliphatic rings. The molecule has 1 aromatic carbocycles. The summed E-state index contributed by atoms with van der Waals surface area (Å²) in [5, 5.41) is 13.8. The van der Waals surface area contributed by atoms with E-state index in [-0.39, 0.29) is 0 Å². The minimum Gasteiger partial charge on any atom is -0.389 e. The van der Waals surface area contributed by atoms with Crippen molar-refractivity contribution in [2.75, 3.05) is 12.3 Å². The maximum absolute atomic E-state index is 10.4. The minimum absolute atomic E-state index is 0.416. The molecule has 2 rings (SSSR count). The predicted molar refractivity (Wildman–Crippen MR) is 82.6 cm³/mol. The van der Waals surface area contributed by atoms with Crippen LogP contribution in [0.1, 0.15) is 44.6 Å². The van der Waals surface area contributed by atoms with Crippen molar-refractivity contribution in [2.45, 2.75) is 56.1 Å². The summed E-state index contributed by atoms with van der Waals surface area (Å²) in [7, 11) is 0. The number of benzene rings is 1. The van der Waals surface area contributed by atoms with Crippen molar-refractivity contribution in [3.8, 4) is 0 Å². The summed E-state index contributed by atoms with van der Waals surface area (Å²) in [6.45, 7) is 4.19. The highest BCUT2D eigenvalue weighted by Crippen LogP contribution is 2.34. The highest BCUT2D eigenvalue weighted by Gasteiger charge is 2.30. The van der Waals surface area contributed by atoms with Crippen LogP contribution in [-0.4, -0.2) is 23.0 Å². The Morgan fingerprint density at radius 3 is 2.84 bits per heavy atom. The van der Waals surface area contributed by atoms with Crippen LogP contribution in [-0.2, 0) is 6.54 Å². The Hall–Kier alpha value is -0.510. The number of aliphatic hydroxyl groups is 1. The van der Waals surface area contributed by atoms with Crippen LogP contribution in [0, 0.1) is 0 Å². The second-order valence-electron chi connectivity index (χ2n) is 5.54. The fourth-order valence-electron chi connectivity index (χ4n) is 2.55. The van der Waals surface area contributed by atoms with Crippen LogP contribution < -0.4 is 5.32 Å². The summed E-state index contributed by atoms with van der Waals surface area (Å²) < 4.78 is 0. The normalized spacial score (nSPS) is 17.8. The van der Waals surface area contributed by atoms with Gasteiger partial charge in [-0.3, -0.25) is 0 Å². The lowest BCUT2D eigenvalue weighted by Gasteiger charge is -2.21. The molecule has 1 saturated carbocycles. The molecule has 2 N–H and O–H groups in total. The third kappa shape index (κ3) is 4.83. The molecule has 1 aliphatic carbocycles. The van der Waals surface area contributed by atoms with Crippen molar-refractivity contribution in [1.82, 2.24) is 5.32 Å². The van der Waals surface area contributed by atoms with E-state index in [9.17, 15) is 5.11 Å². The van der Waals surface area contributed by atoms with E-state index < -0.39 is 5.60 Å². The van der Waals surface area contributed by atoms with E-state index in [4.69, 9.17) is 0 Å². The van der Waals surface area contributed by atoms with Crippen molar-refractivity contribution in [2.24, 2.45) is 0 Å². The number of thioether (sulfide) groups is 1. The molecule has 0 bridgehead atoms. The van der Waals surface area contributed by atoms with Crippen LogP contribution >= 0.6 is 11.8 Å². The van der Waals surface area contributed by atoms with Gasteiger partial charge in [0, 0.05) is 17.2 Å². The van der Waals surface area contributed by atoms with Gasteiger partial charge >= 0.3 is 0 Å². The summed E-state index contributed by atoms with van der Waals surface area (Å²) in [6.07, 6.45) is 5.47. The second-order valence-corrected chi connectivity index (χ2v) is 6.59. The van der Waals surface area contributed by atoms with E-state index in [1.54, 1.807) is 11.8 Å². The molecular weight excluding hydrogens is 254 g/mol. The Labute approximate surface area is 121 Å². The quantitative estimate of drug-likeness (QED) is 0.591. The fourth-order valence-corrected chi connectivity index (χ4v) is 3.68. The Bertz CT molecular complexity index is 388. The van der Waals surface area contributed by atoms with E-state index in [0.717, 1.165) is 31.7 Å². The molecule has 1 aromatic rings. The molecule has 0 heterocycles. The number of nitrogens with one attached hydrogen (secondary N) is 1. The molecular formula is C16H25NOS. The first kappa shape index (κ1) is 14.9.